The van der Waals surface area contributed by atoms with Crippen LogP contribution in [0.4, 0.5) is 16.4 Å². The van der Waals surface area contributed by atoms with E-state index in [1.807, 2.05) is 6.07 Å². The van der Waals surface area contributed by atoms with Crippen LogP contribution < -0.4 is 10.2 Å². The highest BCUT2D eigenvalue weighted by Gasteiger charge is 2.12. The van der Waals surface area contributed by atoms with Crippen LogP contribution >= 0.6 is 0 Å². The van der Waals surface area contributed by atoms with Crippen LogP contribution in [0.3, 0.4) is 0 Å². The van der Waals surface area contributed by atoms with Crippen LogP contribution in [0.5, 0.6) is 0 Å². The fraction of sp³-hybridized carbons (Fsp3) is 0.583. The van der Waals surface area contributed by atoms with Crippen LogP contribution in [-0.4, -0.2) is 36.0 Å². The molecule has 1 saturated heterocycles. The molecule has 0 aliphatic carbocycles. The van der Waals surface area contributed by atoms with Gasteiger partial charge in [-0.25, -0.2) is 4.79 Å². The average Bonchev–Trinajstić information content (AvgIpc) is 2.41. The standard InChI is InChI=1S/C12H18N4O2/c1-2-18-12(17)13-10-6-7-11(15-14-10)16-8-4-3-5-9-16/h6-7H,2-5,8-9H2,1H3,(H,13,14,17). The maximum atomic E-state index is 11.2. The first-order chi connectivity index (χ1) is 8.79. The Morgan fingerprint density at radius 1 is 1.33 bits per heavy atom. The van der Waals surface area contributed by atoms with Gasteiger partial charge in [0.15, 0.2) is 11.6 Å². The molecular formula is C12H18N4O2. The normalized spacial score (nSPS) is 15.3. The number of hydrogen-bond acceptors (Lipinski definition) is 5. The number of nitrogens with one attached hydrogen (secondary N) is 1. The van der Waals surface area contributed by atoms with E-state index in [9.17, 15) is 4.79 Å². The Kier molecular flexibility index (Phi) is 4.33. The molecule has 6 heteroatoms. The van der Waals surface area contributed by atoms with Crippen molar-refractivity contribution in [1.82, 2.24) is 10.2 Å². The molecule has 2 rings (SSSR count). The summed E-state index contributed by atoms with van der Waals surface area (Å²) < 4.78 is 4.76. The van der Waals surface area contributed by atoms with E-state index >= 15 is 0 Å². The smallest absolute Gasteiger partial charge is 0.412 e. The van der Waals surface area contributed by atoms with Crippen molar-refractivity contribution in [2.75, 3.05) is 29.9 Å². The molecule has 1 amide bonds. The zero-order valence-electron chi connectivity index (χ0n) is 10.6. The summed E-state index contributed by atoms with van der Waals surface area (Å²) in [5.41, 5.74) is 0. The van der Waals surface area contributed by atoms with Gasteiger partial charge < -0.3 is 9.64 Å². The van der Waals surface area contributed by atoms with Gasteiger partial charge in [0.1, 0.15) is 0 Å². The first-order valence-electron chi connectivity index (χ1n) is 6.32. The molecule has 0 spiro atoms. The van der Waals surface area contributed by atoms with Crippen molar-refractivity contribution < 1.29 is 9.53 Å². The lowest BCUT2D eigenvalue weighted by atomic mass is 10.1. The molecule has 6 nitrogen and oxygen atoms in total. The lowest BCUT2D eigenvalue weighted by Gasteiger charge is -2.27. The molecule has 1 fully saturated rings. The van der Waals surface area contributed by atoms with Crippen molar-refractivity contribution in [3.63, 3.8) is 0 Å². The van der Waals surface area contributed by atoms with Crippen LogP contribution in [0.15, 0.2) is 12.1 Å². The van der Waals surface area contributed by atoms with Gasteiger partial charge in [-0.1, -0.05) is 0 Å². The van der Waals surface area contributed by atoms with Gasteiger partial charge in [0.25, 0.3) is 0 Å². The second-order valence-electron chi connectivity index (χ2n) is 4.17. The van der Waals surface area contributed by atoms with Gasteiger partial charge in [-0.05, 0) is 38.3 Å². The Hall–Kier alpha value is -1.85. The van der Waals surface area contributed by atoms with E-state index in [4.69, 9.17) is 4.74 Å². The van der Waals surface area contributed by atoms with Crippen LogP contribution in [0.2, 0.25) is 0 Å². The predicted molar refractivity (Wildman–Crippen MR) is 68.7 cm³/mol. The Labute approximate surface area is 106 Å². The van der Waals surface area contributed by atoms with Crippen molar-refractivity contribution in [3.05, 3.63) is 12.1 Å². The third kappa shape index (κ3) is 3.32. The first-order valence-corrected chi connectivity index (χ1v) is 6.32. The Morgan fingerprint density at radius 3 is 2.72 bits per heavy atom. The number of amides is 1. The summed E-state index contributed by atoms with van der Waals surface area (Å²) in [6.45, 7) is 4.15. The summed E-state index contributed by atoms with van der Waals surface area (Å²) in [6.07, 6.45) is 3.18. The number of hydrogen-bond donors (Lipinski definition) is 1. The molecular weight excluding hydrogens is 232 g/mol. The van der Waals surface area contributed by atoms with Crippen LogP contribution in [0, 0.1) is 0 Å². The molecule has 1 aliphatic rings. The van der Waals surface area contributed by atoms with E-state index in [1.165, 1.54) is 19.3 Å². The summed E-state index contributed by atoms with van der Waals surface area (Å²) >= 11 is 0. The van der Waals surface area contributed by atoms with Gasteiger partial charge in [0.2, 0.25) is 0 Å². The number of carbonyl (C=O) groups excluding carboxylic acids is 1. The summed E-state index contributed by atoms with van der Waals surface area (Å²) in [5.74, 6) is 1.28. The lowest BCUT2D eigenvalue weighted by molar-refractivity contribution is 0.168. The molecule has 1 aromatic heterocycles. The van der Waals surface area contributed by atoms with Gasteiger partial charge in [-0.2, -0.15) is 0 Å². The lowest BCUT2D eigenvalue weighted by Crippen LogP contribution is -2.30. The van der Waals surface area contributed by atoms with Gasteiger partial charge in [0, 0.05) is 13.1 Å². The predicted octanol–water partition coefficient (Wildman–Crippen LogP) is 2.04. The maximum Gasteiger partial charge on any atom is 0.412 e. The van der Waals surface area contributed by atoms with Crippen molar-refractivity contribution in [3.8, 4) is 0 Å². The molecule has 18 heavy (non-hydrogen) atoms. The monoisotopic (exact) mass is 250 g/mol. The Bertz CT molecular complexity index is 388. The van der Waals surface area contributed by atoms with Crippen molar-refractivity contribution in [2.45, 2.75) is 26.2 Å². The fourth-order valence-electron chi connectivity index (χ4n) is 1.96. The van der Waals surface area contributed by atoms with Crippen molar-refractivity contribution >= 4 is 17.7 Å². The van der Waals surface area contributed by atoms with Gasteiger partial charge in [-0.3, -0.25) is 5.32 Å². The number of anilines is 2. The van der Waals surface area contributed by atoms with E-state index in [1.54, 1.807) is 13.0 Å². The molecule has 0 atom stereocenters. The minimum atomic E-state index is -0.502. The molecule has 0 saturated carbocycles. The molecule has 1 aromatic rings. The zero-order valence-corrected chi connectivity index (χ0v) is 10.6. The highest BCUT2D eigenvalue weighted by atomic mass is 16.5. The molecule has 2 heterocycles. The van der Waals surface area contributed by atoms with Gasteiger partial charge in [0.05, 0.1) is 6.61 Å². The molecule has 0 aromatic carbocycles. The highest BCUT2D eigenvalue weighted by molar-refractivity contribution is 5.83. The van der Waals surface area contributed by atoms with Crippen molar-refractivity contribution in [1.29, 1.82) is 0 Å². The third-order valence-electron chi connectivity index (χ3n) is 2.84. The SMILES string of the molecule is CCOC(=O)Nc1ccc(N2CCCCC2)nn1. The topological polar surface area (TPSA) is 67.3 Å². The number of carbonyl (C=O) groups is 1. The second-order valence-corrected chi connectivity index (χ2v) is 4.17. The largest absolute Gasteiger partial charge is 0.450 e. The Balaban J connectivity index is 1.94. The minimum absolute atomic E-state index is 0.338. The van der Waals surface area contributed by atoms with Gasteiger partial charge in [-0.15, -0.1) is 10.2 Å². The number of rotatable bonds is 3. The highest BCUT2D eigenvalue weighted by Crippen LogP contribution is 2.17. The van der Waals surface area contributed by atoms with Gasteiger partial charge >= 0.3 is 6.09 Å². The number of piperidine rings is 1. The molecule has 0 radical (unpaired) electrons. The minimum Gasteiger partial charge on any atom is -0.450 e. The van der Waals surface area contributed by atoms with E-state index < -0.39 is 6.09 Å². The number of aromatic nitrogens is 2. The number of ether oxygens (including phenoxy) is 1. The summed E-state index contributed by atoms with van der Waals surface area (Å²) in [5, 5.41) is 10.6. The third-order valence-corrected chi connectivity index (χ3v) is 2.84. The molecule has 1 N–H and O–H groups in total. The molecule has 98 valence electrons. The summed E-state index contributed by atoms with van der Waals surface area (Å²) in [4.78, 5) is 13.4. The zero-order chi connectivity index (χ0) is 12.8. The van der Waals surface area contributed by atoms with Crippen LogP contribution in [0.1, 0.15) is 26.2 Å². The molecule has 1 aliphatic heterocycles. The summed E-state index contributed by atoms with van der Waals surface area (Å²) in [7, 11) is 0. The molecule has 0 bridgehead atoms. The fourth-order valence-corrected chi connectivity index (χ4v) is 1.96. The molecule has 0 unspecified atom stereocenters. The Morgan fingerprint density at radius 2 is 2.11 bits per heavy atom. The van der Waals surface area contributed by atoms with Crippen LogP contribution in [0.25, 0.3) is 0 Å². The van der Waals surface area contributed by atoms with Crippen LogP contribution in [-0.2, 0) is 4.74 Å². The van der Waals surface area contributed by atoms with E-state index in [0.29, 0.717) is 12.4 Å². The summed E-state index contributed by atoms with van der Waals surface area (Å²) in [6, 6.07) is 3.62. The number of nitrogens with zero attached hydrogens (tertiary/aromatic N) is 3. The maximum absolute atomic E-state index is 11.2. The van der Waals surface area contributed by atoms with E-state index in [-0.39, 0.29) is 0 Å². The van der Waals surface area contributed by atoms with E-state index in [2.05, 4.69) is 20.4 Å². The second kappa shape index (κ2) is 6.18. The average molecular weight is 250 g/mol. The first kappa shape index (κ1) is 12.6. The quantitative estimate of drug-likeness (QED) is 0.889. The van der Waals surface area contributed by atoms with Crippen molar-refractivity contribution in [2.24, 2.45) is 0 Å². The van der Waals surface area contributed by atoms with E-state index in [0.717, 1.165) is 18.9 Å².